The van der Waals surface area contributed by atoms with E-state index in [-0.39, 0.29) is 5.91 Å². The second-order valence-corrected chi connectivity index (χ2v) is 9.52. The van der Waals surface area contributed by atoms with Crippen LogP contribution in [0.1, 0.15) is 37.7 Å². The Morgan fingerprint density at radius 3 is 2.47 bits per heavy atom. The molecule has 0 saturated carbocycles. The fourth-order valence-electron chi connectivity index (χ4n) is 4.02. The van der Waals surface area contributed by atoms with Crippen LogP contribution in [0, 0.1) is 6.92 Å². The summed E-state index contributed by atoms with van der Waals surface area (Å²) in [5, 5.41) is 8.16. The minimum absolute atomic E-state index is 0.158. The third-order valence-electron chi connectivity index (χ3n) is 5.81. The summed E-state index contributed by atoms with van der Waals surface area (Å²) in [7, 11) is 1.61. The number of fused-ring (bicyclic) bond motifs is 1. The summed E-state index contributed by atoms with van der Waals surface area (Å²) in [5.74, 6) is -0.675. The lowest BCUT2D eigenvalue weighted by Crippen LogP contribution is -2.21. The van der Waals surface area contributed by atoms with Gasteiger partial charge >= 0.3 is 5.97 Å². The number of pyridine rings is 1. The molecule has 0 spiro atoms. The van der Waals surface area contributed by atoms with Gasteiger partial charge < -0.3 is 10.2 Å². The van der Waals surface area contributed by atoms with Gasteiger partial charge in [-0.1, -0.05) is 53.0 Å². The summed E-state index contributed by atoms with van der Waals surface area (Å²) < 4.78 is 0. The fraction of sp³-hybridized carbons (Fsp3) is 0.0667. The first kappa shape index (κ1) is 25.0. The molecule has 38 heavy (non-hydrogen) atoms. The average Bonchev–Trinajstić information content (AvgIpc) is 3.30. The van der Waals surface area contributed by atoms with Crippen molar-refractivity contribution in [1.29, 1.82) is 0 Å². The van der Waals surface area contributed by atoms with Crippen LogP contribution in [0.3, 0.4) is 0 Å². The van der Waals surface area contributed by atoms with Gasteiger partial charge in [0.25, 0.3) is 5.91 Å². The Kier molecular flexibility index (Phi) is 7.33. The van der Waals surface area contributed by atoms with Crippen LogP contribution in [0.25, 0.3) is 23.1 Å². The van der Waals surface area contributed by atoms with Gasteiger partial charge in [0.2, 0.25) is 0 Å². The lowest BCUT2D eigenvalue weighted by molar-refractivity contribution is 0.0419. The first-order valence-electron chi connectivity index (χ1n) is 11.9. The molecule has 0 aliphatic heterocycles. The van der Waals surface area contributed by atoms with E-state index in [1.807, 2.05) is 73.7 Å². The highest BCUT2D eigenvalue weighted by Crippen LogP contribution is 2.35. The SMILES string of the molecule is CNC(=O)c1ccccc1Sc1cc(C)c2c(/C=C/c3ccccn3)nn(OC(=O)c3ccccc3)c2c1. The van der Waals surface area contributed by atoms with Crippen LogP contribution >= 0.6 is 11.8 Å². The van der Waals surface area contributed by atoms with Gasteiger partial charge in [0.15, 0.2) is 0 Å². The highest BCUT2D eigenvalue weighted by Gasteiger charge is 2.18. The predicted molar refractivity (Wildman–Crippen MR) is 149 cm³/mol. The smallest absolute Gasteiger partial charge is 0.355 e. The molecular formula is C30H24N4O3S. The van der Waals surface area contributed by atoms with Gasteiger partial charge in [-0.25, -0.2) is 4.79 Å². The molecule has 0 aliphatic carbocycles. The summed E-state index contributed by atoms with van der Waals surface area (Å²) in [6.45, 7) is 1.99. The van der Waals surface area contributed by atoms with Crippen molar-refractivity contribution in [3.63, 3.8) is 0 Å². The van der Waals surface area contributed by atoms with Crippen LogP contribution in [-0.2, 0) is 0 Å². The van der Waals surface area contributed by atoms with Crippen molar-refractivity contribution in [2.24, 2.45) is 0 Å². The quantitative estimate of drug-likeness (QED) is 0.297. The summed E-state index contributed by atoms with van der Waals surface area (Å²) in [4.78, 5) is 38.3. The Bertz CT molecular complexity index is 1650. The average molecular weight is 521 g/mol. The molecule has 8 heteroatoms. The number of benzene rings is 3. The summed E-state index contributed by atoms with van der Waals surface area (Å²) in [6.07, 6.45) is 5.45. The molecule has 1 amide bonds. The van der Waals surface area contributed by atoms with Gasteiger partial charge in [-0.2, -0.15) is 0 Å². The van der Waals surface area contributed by atoms with E-state index < -0.39 is 5.97 Å². The third-order valence-corrected chi connectivity index (χ3v) is 6.86. The highest BCUT2D eigenvalue weighted by atomic mass is 32.2. The Balaban J connectivity index is 1.58. The van der Waals surface area contributed by atoms with Gasteiger partial charge in [0.05, 0.1) is 22.5 Å². The van der Waals surface area contributed by atoms with Gasteiger partial charge in [-0.3, -0.25) is 9.78 Å². The maximum atomic E-state index is 12.9. The number of amides is 1. The number of carbonyl (C=O) groups is 2. The topological polar surface area (TPSA) is 86.1 Å². The van der Waals surface area contributed by atoms with Crippen LogP contribution in [0.15, 0.2) is 101 Å². The van der Waals surface area contributed by atoms with E-state index >= 15 is 0 Å². The second-order valence-electron chi connectivity index (χ2n) is 8.40. The standard InChI is InChI=1S/C30H24N4O3S/c1-20-18-23(38-27-14-7-6-13-24(27)29(35)31-2)19-26-28(20)25(16-15-22-12-8-9-17-32-22)33-34(26)37-30(36)21-10-4-3-5-11-21/h3-19H,1-2H3,(H,31,35)/b16-15+. The predicted octanol–water partition coefficient (Wildman–Crippen LogP) is 5.69. The molecule has 5 aromatic rings. The zero-order valence-electron chi connectivity index (χ0n) is 20.8. The molecule has 0 saturated heterocycles. The maximum Gasteiger partial charge on any atom is 0.365 e. The monoisotopic (exact) mass is 520 g/mol. The zero-order chi connectivity index (χ0) is 26.5. The Morgan fingerprint density at radius 2 is 1.71 bits per heavy atom. The van der Waals surface area contributed by atoms with Gasteiger partial charge in [-0.15, -0.1) is 5.10 Å². The largest absolute Gasteiger partial charge is 0.365 e. The molecule has 0 atom stereocenters. The normalized spacial score (nSPS) is 11.1. The molecule has 188 valence electrons. The molecule has 2 aromatic heterocycles. The van der Waals surface area contributed by atoms with Crippen molar-refractivity contribution < 1.29 is 14.4 Å². The van der Waals surface area contributed by atoms with E-state index in [1.54, 1.807) is 43.6 Å². The number of nitrogens with zero attached hydrogens (tertiary/aromatic N) is 3. The molecule has 0 radical (unpaired) electrons. The maximum absolute atomic E-state index is 12.9. The molecule has 0 aliphatic rings. The van der Waals surface area contributed by atoms with Crippen LogP contribution in [0.5, 0.6) is 0 Å². The van der Waals surface area contributed by atoms with Crippen LogP contribution in [0.4, 0.5) is 0 Å². The summed E-state index contributed by atoms with van der Waals surface area (Å²) in [6, 6.07) is 25.8. The minimum atomic E-state index is -0.518. The first-order chi connectivity index (χ1) is 18.5. The molecule has 3 aromatic carbocycles. The van der Waals surface area contributed by atoms with Crippen molar-refractivity contribution in [3.05, 3.63) is 119 Å². The van der Waals surface area contributed by atoms with Gasteiger partial charge in [0, 0.05) is 28.4 Å². The zero-order valence-corrected chi connectivity index (χ0v) is 21.6. The van der Waals surface area contributed by atoms with Crippen molar-refractivity contribution in [3.8, 4) is 0 Å². The van der Waals surface area contributed by atoms with Crippen LogP contribution in [-0.4, -0.2) is 33.9 Å². The number of nitrogens with one attached hydrogen (secondary N) is 1. The molecule has 7 nitrogen and oxygen atoms in total. The summed E-state index contributed by atoms with van der Waals surface area (Å²) >= 11 is 1.46. The van der Waals surface area contributed by atoms with E-state index in [0.29, 0.717) is 22.3 Å². The molecular weight excluding hydrogens is 496 g/mol. The molecule has 2 heterocycles. The molecule has 1 N–H and O–H groups in total. The number of rotatable bonds is 7. The van der Waals surface area contributed by atoms with Crippen LogP contribution < -0.4 is 10.2 Å². The number of aromatic nitrogens is 3. The van der Waals surface area contributed by atoms with Gasteiger partial charge in [-0.05, 0) is 73.2 Å². The minimum Gasteiger partial charge on any atom is -0.355 e. The molecule has 0 bridgehead atoms. The third kappa shape index (κ3) is 5.35. The number of aryl methyl sites for hydroxylation is 1. The molecule has 5 rings (SSSR count). The fourth-order valence-corrected chi connectivity index (χ4v) is 5.09. The Hall–Kier alpha value is -4.69. The van der Waals surface area contributed by atoms with Crippen molar-refractivity contribution in [2.75, 3.05) is 7.05 Å². The lowest BCUT2D eigenvalue weighted by Gasteiger charge is -2.10. The van der Waals surface area contributed by atoms with E-state index in [1.165, 1.54) is 16.6 Å². The Labute approximate surface area is 224 Å². The van der Waals surface area contributed by atoms with E-state index in [0.717, 1.165) is 26.4 Å². The van der Waals surface area contributed by atoms with Gasteiger partial charge in [0.1, 0.15) is 5.52 Å². The highest BCUT2D eigenvalue weighted by molar-refractivity contribution is 7.99. The van der Waals surface area contributed by atoms with E-state index in [4.69, 9.17) is 4.84 Å². The molecule has 0 fully saturated rings. The second kappa shape index (κ2) is 11.1. The van der Waals surface area contributed by atoms with Crippen molar-refractivity contribution in [2.45, 2.75) is 16.7 Å². The number of hydrogen-bond acceptors (Lipinski definition) is 6. The van der Waals surface area contributed by atoms with Crippen LogP contribution in [0.2, 0.25) is 0 Å². The van der Waals surface area contributed by atoms with E-state index in [2.05, 4.69) is 15.4 Å². The Morgan fingerprint density at radius 1 is 0.947 bits per heavy atom. The summed E-state index contributed by atoms with van der Waals surface area (Å²) in [5.41, 5.74) is 4.02. The first-order valence-corrected chi connectivity index (χ1v) is 12.7. The number of carbonyl (C=O) groups excluding carboxylic acids is 2. The number of hydrogen-bond donors (Lipinski definition) is 1. The van der Waals surface area contributed by atoms with Crippen molar-refractivity contribution in [1.82, 2.24) is 20.2 Å². The van der Waals surface area contributed by atoms with Crippen molar-refractivity contribution >= 4 is 46.7 Å². The van der Waals surface area contributed by atoms with E-state index in [9.17, 15) is 9.59 Å². The molecule has 0 unspecified atom stereocenters. The lowest BCUT2D eigenvalue weighted by atomic mass is 10.1.